The number of hydrogen-bond acceptors (Lipinski definition) is 5. The van der Waals surface area contributed by atoms with Crippen molar-refractivity contribution < 1.29 is 19.1 Å². The van der Waals surface area contributed by atoms with Crippen LogP contribution in [0.25, 0.3) is 11.1 Å². The molecule has 0 aliphatic carbocycles. The first kappa shape index (κ1) is 26.6. The number of amides is 2. The van der Waals surface area contributed by atoms with Gasteiger partial charge in [-0.25, -0.2) is 0 Å². The average molecular weight is 464 g/mol. The summed E-state index contributed by atoms with van der Waals surface area (Å²) in [5, 5.41) is 14.1. The van der Waals surface area contributed by atoms with Gasteiger partial charge in [0.25, 0.3) is 0 Å². The van der Waals surface area contributed by atoms with E-state index in [-0.39, 0.29) is 55.6 Å². The molecule has 0 bridgehead atoms. The Bertz CT molecular complexity index is 968. The molecule has 2 amide bonds. The molecule has 34 heavy (non-hydrogen) atoms. The number of hydrogen-bond donors (Lipinski definition) is 2. The van der Waals surface area contributed by atoms with E-state index in [2.05, 4.69) is 22.8 Å². The van der Waals surface area contributed by atoms with Gasteiger partial charge < -0.3 is 15.4 Å². The monoisotopic (exact) mass is 463 g/mol. The summed E-state index contributed by atoms with van der Waals surface area (Å²) in [4.78, 5) is 36.5. The van der Waals surface area contributed by atoms with Gasteiger partial charge in [-0.1, -0.05) is 61.5 Å². The van der Waals surface area contributed by atoms with Crippen LogP contribution in [-0.2, 0) is 25.5 Å². The zero-order valence-electron chi connectivity index (χ0n) is 19.9. The Morgan fingerprint density at radius 1 is 0.971 bits per heavy atom. The van der Waals surface area contributed by atoms with Crippen LogP contribution in [0.2, 0.25) is 0 Å². The van der Waals surface area contributed by atoms with Gasteiger partial charge in [-0.3, -0.25) is 14.4 Å². The molecule has 0 aliphatic rings. The minimum atomic E-state index is -0.372. The first-order valence-electron chi connectivity index (χ1n) is 11.7. The predicted octanol–water partition coefficient (Wildman–Crippen LogP) is 3.78. The molecule has 2 N–H and O–H groups in total. The summed E-state index contributed by atoms with van der Waals surface area (Å²) in [6, 6.07) is 19.9. The first-order valence-corrected chi connectivity index (χ1v) is 11.7. The van der Waals surface area contributed by atoms with Crippen LogP contribution in [0.3, 0.4) is 0 Å². The number of benzene rings is 2. The summed E-state index contributed by atoms with van der Waals surface area (Å²) >= 11 is 0. The van der Waals surface area contributed by atoms with E-state index >= 15 is 0 Å². The molecular weight excluding hydrogens is 430 g/mol. The summed E-state index contributed by atoms with van der Waals surface area (Å²) in [6.45, 7) is 4.13. The van der Waals surface area contributed by atoms with Crippen molar-refractivity contribution >= 4 is 17.8 Å². The fraction of sp³-hybridized carbons (Fsp3) is 0.407. The van der Waals surface area contributed by atoms with Gasteiger partial charge in [-0.2, -0.15) is 5.26 Å². The van der Waals surface area contributed by atoms with Gasteiger partial charge >= 0.3 is 5.97 Å². The third-order valence-electron chi connectivity index (χ3n) is 5.37. The lowest BCUT2D eigenvalue weighted by molar-refractivity contribution is -0.148. The van der Waals surface area contributed by atoms with Crippen molar-refractivity contribution in [2.45, 2.75) is 52.0 Å². The van der Waals surface area contributed by atoms with Gasteiger partial charge in [0.15, 0.2) is 0 Å². The van der Waals surface area contributed by atoms with Crippen LogP contribution >= 0.6 is 0 Å². The fourth-order valence-corrected chi connectivity index (χ4v) is 3.62. The summed E-state index contributed by atoms with van der Waals surface area (Å²) in [7, 11) is 0. The highest BCUT2D eigenvalue weighted by atomic mass is 16.5. The smallest absolute Gasteiger partial charge is 0.308 e. The van der Waals surface area contributed by atoms with Crippen LogP contribution in [-0.4, -0.2) is 37.0 Å². The van der Waals surface area contributed by atoms with Crippen LogP contribution in [0.15, 0.2) is 54.6 Å². The maximum atomic E-state index is 12.5. The van der Waals surface area contributed by atoms with E-state index in [0.29, 0.717) is 19.4 Å². The second kappa shape index (κ2) is 14.5. The molecule has 0 heterocycles. The number of nitrogens with zero attached hydrogens (tertiary/aromatic N) is 1. The van der Waals surface area contributed by atoms with Crippen molar-refractivity contribution in [1.82, 2.24) is 10.6 Å². The second-order valence-electron chi connectivity index (χ2n) is 8.18. The number of ether oxygens (including phenoxy) is 1. The van der Waals surface area contributed by atoms with Crippen LogP contribution in [0.4, 0.5) is 0 Å². The van der Waals surface area contributed by atoms with Gasteiger partial charge in [0, 0.05) is 25.4 Å². The highest BCUT2D eigenvalue weighted by molar-refractivity contribution is 5.84. The van der Waals surface area contributed by atoms with E-state index in [0.717, 1.165) is 16.7 Å². The van der Waals surface area contributed by atoms with Crippen molar-refractivity contribution in [3.8, 4) is 17.2 Å². The molecule has 0 aliphatic heterocycles. The van der Waals surface area contributed by atoms with Gasteiger partial charge in [-0.05, 0) is 36.5 Å². The molecule has 0 radical (unpaired) electrons. The summed E-state index contributed by atoms with van der Waals surface area (Å²) < 4.78 is 5.12. The summed E-state index contributed by atoms with van der Waals surface area (Å²) in [5.74, 6) is -1.18. The average Bonchev–Trinajstić information content (AvgIpc) is 2.84. The van der Waals surface area contributed by atoms with E-state index in [1.54, 1.807) is 13.8 Å². The number of carbonyl (C=O) groups excluding carboxylic acids is 3. The SMILES string of the molecule is CCOC(=O)C(C)CC(Cc1ccc(-c2ccccc2)cc1)NC(=O)CCC(=O)NCCC#N. The first-order chi connectivity index (χ1) is 16.4. The number of esters is 1. The lowest BCUT2D eigenvalue weighted by Crippen LogP contribution is -2.39. The van der Waals surface area contributed by atoms with Gasteiger partial charge in [-0.15, -0.1) is 0 Å². The summed E-state index contributed by atoms with van der Waals surface area (Å²) in [5.41, 5.74) is 3.27. The molecule has 0 saturated carbocycles. The molecule has 2 atom stereocenters. The lowest BCUT2D eigenvalue weighted by Gasteiger charge is -2.22. The number of nitriles is 1. The Morgan fingerprint density at radius 3 is 2.26 bits per heavy atom. The molecule has 0 aromatic heterocycles. The number of rotatable bonds is 13. The quantitative estimate of drug-likeness (QED) is 0.347. The molecule has 2 aromatic carbocycles. The normalized spacial score (nSPS) is 12.1. The molecule has 180 valence electrons. The van der Waals surface area contributed by atoms with Crippen molar-refractivity contribution in [1.29, 1.82) is 5.26 Å². The van der Waals surface area contributed by atoms with Crippen molar-refractivity contribution in [2.75, 3.05) is 13.2 Å². The Balaban J connectivity index is 2.01. The van der Waals surface area contributed by atoms with Gasteiger partial charge in [0.05, 0.1) is 25.0 Å². The molecular formula is C27H33N3O4. The van der Waals surface area contributed by atoms with Gasteiger partial charge in [0.2, 0.25) is 11.8 Å². The molecule has 0 spiro atoms. The highest BCUT2D eigenvalue weighted by Gasteiger charge is 2.22. The van der Waals surface area contributed by atoms with Crippen molar-refractivity contribution in [3.63, 3.8) is 0 Å². The van der Waals surface area contributed by atoms with Crippen LogP contribution in [0.1, 0.15) is 45.1 Å². The highest BCUT2D eigenvalue weighted by Crippen LogP contribution is 2.21. The topological polar surface area (TPSA) is 108 Å². The van der Waals surface area contributed by atoms with Gasteiger partial charge in [0.1, 0.15) is 0 Å². The summed E-state index contributed by atoms with van der Waals surface area (Å²) in [6.07, 6.45) is 1.30. The maximum absolute atomic E-state index is 12.5. The minimum Gasteiger partial charge on any atom is -0.466 e. The molecule has 2 aromatic rings. The van der Waals surface area contributed by atoms with E-state index < -0.39 is 0 Å². The Morgan fingerprint density at radius 2 is 1.62 bits per heavy atom. The lowest BCUT2D eigenvalue weighted by atomic mass is 9.94. The molecule has 0 fully saturated rings. The Hall–Kier alpha value is -3.66. The van der Waals surface area contributed by atoms with Crippen LogP contribution < -0.4 is 10.6 Å². The van der Waals surface area contributed by atoms with Crippen molar-refractivity contribution in [3.05, 3.63) is 60.2 Å². The molecule has 2 rings (SSSR count). The second-order valence-corrected chi connectivity index (χ2v) is 8.18. The standard InChI is InChI=1S/C27H33N3O4/c1-3-34-27(33)20(2)18-24(30-26(32)15-14-25(31)29-17-7-16-28)19-21-10-12-23(13-11-21)22-8-5-4-6-9-22/h4-6,8-13,20,24H,3,7,14-15,17-19H2,1-2H3,(H,29,31)(H,30,32). The predicted molar refractivity (Wildman–Crippen MR) is 130 cm³/mol. The molecule has 7 heteroatoms. The Kier molecular flexibility index (Phi) is 11.3. The number of nitrogens with one attached hydrogen (secondary N) is 2. The maximum Gasteiger partial charge on any atom is 0.308 e. The zero-order valence-corrected chi connectivity index (χ0v) is 19.9. The zero-order chi connectivity index (χ0) is 24.8. The molecule has 2 unspecified atom stereocenters. The van der Waals surface area contributed by atoms with Crippen LogP contribution in [0.5, 0.6) is 0 Å². The third-order valence-corrected chi connectivity index (χ3v) is 5.37. The third kappa shape index (κ3) is 9.45. The Labute approximate surface area is 201 Å². The van der Waals surface area contributed by atoms with Crippen molar-refractivity contribution in [2.24, 2.45) is 5.92 Å². The van der Waals surface area contributed by atoms with E-state index in [4.69, 9.17) is 10.00 Å². The van der Waals surface area contributed by atoms with E-state index in [1.165, 1.54) is 0 Å². The largest absolute Gasteiger partial charge is 0.466 e. The van der Waals surface area contributed by atoms with E-state index in [1.807, 2.05) is 48.5 Å². The fourth-order valence-electron chi connectivity index (χ4n) is 3.62. The minimum absolute atomic E-state index is 0.0373. The molecule has 7 nitrogen and oxygen atoms in total. The molecule has 0 saturated heterocycles. The number of carbonyl (C=O) groups is 3. The van der Waals surface area contributed by atoms with Crippen LogP contribution in [0, 0.1) is 17.2 Å². The van der Waals surface area contributed by atoms with E-state index in [9.17, 15) is 14.4 Å².